The first-order valence-electron chi connectivity index (χ1n) is 17.3. The molecule has 0 aromatic heterocycles. The fraction of sp³-hybridized carbons (Fsp3) is 0.366. The van der Waals surface area contributed by atoms with Crippen molar-refractivity contribution in [3.63, 3.8) is 0 Å². The van der Waals surface area contributed by atoms with Crippen LogP contribution in [0.5, 0.6) is 11.5 Å². The first-order valence-corrected chi connectivity index (χ1v) is 17.3. The lowest BCUT2D eigenvalue weighted by molar-refractivity contribution is 0.0770. The summed E-state index contributed by atoms with van der Waals surface area (Å²) in [4.78, 5) is 39.7. The number of ether oxygens (including phenoxy) is 2. The Morgan fingerprint density at radius 2 is 1.35 bits per heavy atom. The number of amides is 2. The quantitative estimate of drug-likeness (QED) is 0.217. The van der Waals surface area contributed by atoms with Gasteiger partial charge in [0, 0.05) is 37.7 Å². The van der Waals surface area contributed by atoms with Crippen LogP contribution in [0.1, 0.15) is 89.4 Å². The van der Waals surface area contributed by atoms with Crippen molar-refractivity contribution in [1.29, 1.82) is 0 Å². The molecular formula is C41H44N4O4. The maximum atomic E-state index is 13.4. The number of carbonyl (C=O) groups is 2. The second-order valence-corrected chi connectivity index (χ2v) is 14.2. The summed E-state index contributed by atoms with van der Waals surface area (Å²) in [5.74, 6) is 1.33. The molecule has 3 aromatic rings. The Labute approximate surface area is 288 Å². The molecule has 4 aliphatic rings. The Kier molecular flexibility index (Phi) is 8.51. The first kappa shape index (κ1) is 32.6. The van der Waals surface area contributed by atoms with Crippen molar-refractivity contribution in [2.45, 2.75) is 84.1 Å². The molecule has 0 radical (unpaired) electrons. The molecule has 0 spiro atoms. The van der Waals surface area contributed by atoms with Crippen molar-refractivity contribution in [1.82, 2.24) is 9.80 Å². The van der Waals surface area contributed by atoms with E-state index in [-0.39, 0.29) is 29.3 Å². The van der Waals surface area contributed by atoms with E-state index in [4.69, 9.17) is 14.5 Å². The Hall–Kier alpha value is -4.98. The van der Waals surface area contributed by atoms with Crippen molar-refractivity contribution < 1.29 is 19.1 Å². The molecule has 0 unspecified atom stereocenters. The molecule has 8 heteroatoms. The number of aryl methyl sites for hydroxylation is 1. The van der Waals surface area contributed by atoms with Gasteiger partial charge in [-0.15, -0.1) is 0 Å². The fourth-order valence-electron chi connectivity index (χ4n) is 7.27. The highest BCUT2D eigenvalue weighted by molar-refractivity contribution is 6.04. The predicted molar refractivity (Wildman–Crippen MR) is 194 cm³/mol. The van der Waals surface area contributed by atoms with Crippen molar-refractivity contribution in [2.75, 3.05) is 13.1 Å². The Bertz CT molecular complexity index is 1940. The third-order valence-corrected chi connectivity index (χ3v) is 10.7. The highest BCUT2D eigenvalue weighted by Gasteiger charge is 2.35. The second-order valence-electron chi connectivity index (χ2n) is 14.2. The molecule has 0 aliphatic carbocycles. The molecule has 2 atom stereocenters. The van der Waals surface area contributed by atoms with E-state index in [2.05, 4.69) is 57.1 Å². The minimum atomic E-state index is -0.0495. The van der Waals surface area contributed by atoms with Gasteiger partial charge < -0.3 is 19.3 Å². The Morgan fingerprint density at radius 1 is 0.776 bits per heavy atom. The van der Waals surface area contributed by atoms with Crippen molar-refractivity contribution in [2.24, 2.45) is 9.98 Å². The highest BCUT2D eigenvalue weighted by atomic mass is 16.5. The van der Waals surface area contributed by atoms with Gasteiger partial charge in [-0.2, -0.15) is 0 Å². The lowest BCUT2D eigenvalue weighted by Crippen LogP contribution is -2.35. The Balaban J connectivity index is 1.11. The van der Waals surface area contributed by atoms with Crippen LogP contribution < -0.4 is 9.47 Å². The summed E-state index contributed by atoms with van der Waals surface area (Å²) < 4.78 is 12.8. The van der Waals surface area contributed by atoms with Gasteiger partial charge in [0.15, 0.2) is 0 Å². The van der Waals surface area contributed by atoms with Crippen molar-refractivity contribution in [3.05, 3.63) is 106 Å². The van der Waals surface area contributed by atoms with E-state index in [0.717, 1.165) is 53.5 Å². The van der Waals surface area contributed by atoms with E-state index in [1.807, 2.05) is 59.5 Å². The molecule has 3 aromatic carbocycles. The number of fused-ring (bicyclic) bond motifs is 4. The number of benzene rings is 3. The van der Waals surface area contributed by atoms with Gasteiger partial charge in [-0.05, 0) is 84.5 Å². The monoisotopic (exact) mass is 656 g/mol. The molecule has 2 fully saturated rings. The van der Waals surface area contributed by atoms with Crippen LogP contribution in [-0.2, 0) is 18.6 Å². The first-order chi connectivity index (χ1) is 23.5. The SMILES string of the molecule is C=C1C[C@H]2C=Nc3cc(OCc4cc(COc5cc6c(cc5C)C(=O)N5CC(=C)C[C@H]5C=N6)cc(C(C)(CC)CC)c4)ccc3C(=O)N2C1. The molecule has 4 aliphatic heterocycles. The number of rotatable bonds is 9. The molecule has 0 saturated carbocycles. The van der Waals surface area contributed by atoms with Crippen LogP contribution in [-0.4, -0.2) is 59.2 Å². The number of hydrogen-bond donors (Lipinski definition) is 0. The third-order valence-electron chi connectivity index (χ3n) is 10.7. The smallest absolute Gasteiger partial charge is 0.256 e. The number of hydrogen-bond acceptors (Lipinski definition) is 6. The van der Waals surface area contributed by atoms with E-state index in [1.54, 1.807) is 0 Å². The molecule has 0 bridgehead atoms. The molecule has 252 valence electrons. The third kappa shape index (κ3) is 6.20. The lowest BCUT2D eigenvalue weighted by atomic mass is 9.77. The second kappa shape index (κ2) is 12.8. The summed E-state index contributed by atoms with van der Waals surface area (Å²) in [7, 11) is 0. The zero-order valence-electron chi connectivity index (χ0n) is 28.9. The lowest BCUT2D eigenvalue weighted by Gasteiger charge is -2.28. The van der Waals surface area contributed by atoms with Crippen LogP contribution in [0.25, 0.3) is 0 Å². The minimum absolute atomic E-state index is 0.00360. The zero-order valence-corrected chi connectivity index (χ0v) is 28.9. The Morgan fingerprint density at radius 3 is 1.96 bits per heavy atom. The summed E-state index contributed by atoms with van der Waals surface area (Å²) in [6, 6.07) is 15.8. The summed E-state index contributed by atoms with van der Waals surface area (Å²) in [6.07, 6.45) is 7.21. The van der Waals surface area contributed by atoms with Gasteiger partial charge in [0.2, 0.25) is 0 Å². The van der Waals surface area contributed by atoms with Gasteiger partial charge in [0.1, 0.15) is 24.7 Å². The molecule has 7 rings (SSSR count). The van der Waals surface area contributed by atoms with Gasteiger partial charge >= 0.3 is 0 Å². The maximum absolute atomic E-state index is 13.4. The minimum Gasteiger partial charge on any atom is -0.489 e. The van der Waals surface area contributed by atoms with E-state index in [0.29, 0.717) is 60.3 Å². The van der Waals surface area contributed by atoms with E-state index >= 15 is 0 Å². The summed E-state index contributed by atoms with van der Waals surface area (Å²) in [5.41, 5.74) is 8.75. The molecule has 0 N–H and O–H groups in total. The van der Waals surface area contributed by atoms with Gasteiger partial charge in [-0.1, -0.05) is 57.2 Å². The predicted octanol–water partition coefficient (Wildman–Crippen LogP) is 8.20. The van der Waals surface area contributed by atoms with Crippen LogP contribution in [0.15, 0.2) is 82.8 Å². The summed E-state index contributed by atoms with van der Waals surface area (Å²) >= 11 is 0. The van der Waals surface area contributed by atoms with E-state index in [1.165, 1.54) is 5.56 Å². The van der Waals surface area contributed by atoms with Gasteiger partial charge in [-0.25, -0.2) is 0 Å². The van der Waals surface area contributed by atoms with E-state index < -0.39 is 0 Å². The summed E-state index contributed by atoms with van der Waals surface area (Å²) in [6.45, 7) is 18.7. The van der Waals surface area contributed by atoms with Crippen molar-refractivity contribution in [3.8, 4) is 11.5 Å². The standard InChI is InChI=1S/C41H44N4O4/c1-7-41(6,8-2)30-15-28(23-48-33-9-10-34-36(17-33)42-19-31-11-25(3)21-44(31)39(34)46)14-29(16-30)24-49-38-18-37-35(13-27(38)5)40(47)45-22-26(4)12-32(45)20-43-37/h9-10,13-20,31-32H,3-4,7-8,11-12,21-24H2,1-2,5-6H3/t31-,32-/m0/s1. The van der Waals surface area contributed by atoms with Crippen LogP contribution in [0, 0.1) is 6.92 Å². The molecule has 2 amide bonds. The molecule has 8 nitrogen and oxygen atoms in total. The zero-order chi connectivity index (χ0) is 34.4. The average molecular weight is 657 g/mol. The van der Waals surface area contributed by atoms with Gasteiger partial charge in [-0.3, -0.25) is 19.6 Å². The largest absolute Gasteiger partial charge is 0.489 e. The van der Waals surface area contributed by atoms with Crippen LogP contribution in [0.4, 0.5) is 11.4 Å². The molecule has 2 saturated heterocycles. The number of carbonyl (C=O) groups excluding carboxylic acids is 2. The molecular weight excluding hydrogens is 612 g/mol. The average Bonchev–Trinajstić information content (AvgIpc) is 3.61. The van der Waals surface area contributed by atoms with Crippen molar-refractivity contribution >= 4 is 35.6 Å². The molecule has 49 heavy (non-hydrogen) atoms. The fourth-order valence-corrected chi connectivity index (χ4v) is 7.27. The maximum Gasteiger partial charge on any atom is 0.256 e. The van der Waals surface area contributed by atoms with E-state index in [9.17, 15) is 9.59 Å². The summed E-state index contributed by atoms with van der Waals surface area (Å²) in [5, 5.41) is 0. The van der Waals surface area contributed by atoms with Crippen LogP contribution in [0.3, 0.4) is 0 Å². The molecule has 4 heterocycles. The van der Waals surface area contributed by atoms with Gasteiger partial charge in [0.25, 0.3) is 11.8 Å². The van der Waals surface area contributed by atoms with Gasteiger partial charge in [0.05, 0.1) is 34.6 Å². The number of nitrogens with zero attached hydrogens (tertiary/aromatic N) is 4. The van der Waals surface area contributed by atoms with Crippen LogP contribution >= 0.6 is 0 Å². The highest BCUT2D eigenvalue weighted by Crippen LogP contribution is 2.37. The normalized spacial score (nSPS) is 19.8. The topological polar surface area (TPSA) is 83.8 Å². The van der Waals surface area contributed by atoms with Crippen LogP contribution in [0.2, 0.25) is 0 Å². The number of aliphatic imine (C=N–C) groups is 2.